The molecular formula is C15H13F2N3O2. The van der Waals surface area contributed by atoms with Gasteiger partial charge in [0.25, 0.3) is 5.91 Å². The van der Waals surface area contributed by atoms with Gasteiger partial charge in [0.15, 0.2) is 11.6 Å². The summed E-state index contributed by atoms with van der Waals surface area (Å²) in [5, 5.41) is 21.3. The molecule has 1 amide bonds. The van der Waals surface area contributed by atoms with Gasteiger partial charge in [-0.15, -0.1) is 0 Å². The first-order valence-electron chi connectivity index (χ1n) is 6.45. The number of aromatic amines is 1. The fraction of sp³-hybridized carbons (Fsp3) is 0.200. The lowest BCUT2D eigenvalue weighted by Gasteiger charge is -2.20. The normalized spacial score (nSPS) is 13.2. The van der Waals surface area contributed by atoms with Crippen molar-refractivity contribution < 1.29 is 18.7 Å². The topological polar surface area (TPSA) is 88.9 Å². The number of nitrogens with one attached hydrogen (secondary N) is 2. The van der Waals surface area contributed by atoms with E-state index in [4.69, 9.17) is 5.26 Å². The molecule has 22 heavy (non-hydrogen) atoms. The Hall–Kier alpha value is -2.72. The number of rotatable bonds is 4. The fourth-order valence-electron chi connectivity index (χ4n) is 1.94. The second-order valence-electron chi connectivity index (χ2n) is 4.78. The molecule has 0 fully saturated rings. The minimum Gasteiger partial charge on any atom is -0.386 e. The number of nitrogens with zero attached hydrogens (tertiary/aromatic N) is 1. The lowest BCUT2D eigenvalue weighted by Crippen LogP contribution is -2.37. The molecule has 2 atom stereocenters. The van der Waals surface area contributed by atoms with Gasteiger partial charge in [-0.2, -0.15) is 5.26 Å². The largest absolute Gasteiger partial charge is 0.386 e. The standard InChI is InChI=1S/C15H13F2N3O2/c1-8(14(21)9-2-4-11(16)12(17)6-9)19-15(22)13-5-3-10(7-18)20-13/h2-6,8,14,20-21H,1H3,(H,19,22). The summed E-state index contributed by atoms with van der Waals surface area (Å²) in [7, 11) is 0. The van der Waals surface area contributed by atoms with Gasteiger partial charge in [-0.3, -0.25) is 4.79 Å². The number of carbonyl (C=O) groups excluding carboxylic acids is 1. The molecule has 3 N–H and O–H groups in total. The molecule has 0 saturated heterocycles. The van der Waals surface area contributed by atoms with Crippen LogP contribution in [0.2, 0.25) is 0 Å². The second kappa shape index (κ2) is 6.37. The predicted molar refractivity (Wildman–Crippen MR) is 73.8 cm³/mol. The average molecular weight is 305 g/mol. The molecule has 0 spiro atoms. The number of benzene rings is 1. The number of hydrogen-bond donors (Lipinski definition) is 3. The molecule has 2 aromatic rings. The molecule has 1 heterocycles. The minimum absolute atomic E-state index is 0.149. The van der Waals surface area contributed by atoms with Crippen molar-refractivity contribution in [3.8, 4) is 6.07 Å². The Balaban J connectivity index is 2.07. The van der Waals surface area contributed by atoms with Gasteiger partial charge in [-0.05, 0) is 36.8 Å². The summed E-state index contributed by atoms with van der Waals surface area (Å²) in [6.07, 6.45) is -1.20. The van der Waals surface area contributed by atoms with Crippen LogP contribution in [0.3, 0.4) is 0 Å². The van der Waals surface area contributed by atoms with Crippen LogP contribution < -0.4 is 5.32 Å². The van der Waals surface area contributed by atoms with Crippen molar-refractivity contribution in [2.75, 3.05) is 0 Å². The van der Waals surface area contributed by atoms with E-state index in [1.165, 1.54) is 25.1 Å². The van der Waals surface area contributed by atoms with E-state index in [0.29, 0.717) is 0 Å². The zero-order valence-corrected chi connectivity index (χ0v) is 11.6. The SMILES string of the molecule is CC(NC(=O)c1ccc(C#N)[nH]1)C(O)c1ccc(F)c(F)c1. The van der Waals surface area contributed by atoms with Gasteiger partial charge in [0.2, 0.25) is 0 Å². The Labute approximate surface area is 125 Å². The van der Waals surface area contributed by atoms with Crippen molar-refractivity contribution >= 4 is 5.91 Å². The van der Waals surface area contributed by atoms with Crippen molar-refractivity contribution in [1.82, 2.24) is 10.3 Å². The Morgan fingerprint density at radius 2 is 2.05 bits per heavy atom. The van der Waals surface area contributed by atoms with Crippen molar-refractivity contribution in [2.24, 2.45) is 0 Å². The molecule has 1 aromatic heterocycles. The van der Waals surface area contributed by atoms with Crippen LogP contribution in [0.4, 0.5) is 8.78 Å². The van der Waals surface area contributed by atoms with Crippen LogP contribution in [-0.4, -0.2) is 22.0 Å². The third-order valence-corrected chi connectivity index (χ3v) is 3.17. The highest BCUT2D eigenvalue weighted by Gasteiger charge is 2.21. The first-order valence-corrected chi connectivity index (χ1v) is 6.45. The molecule has 7 heteroatoms. The van der Waals surface area contributed by atoms with Crippen LogP contribution >= 0.6 is 0 Å². The molecule has 0 radical (unpaired) electrons. The van der Waals surface area contributed by atoms with Gasteiger partial charge < -0.3 is 15.4 Å². The summed E-state index contributed by atoms with van der Waals surface area (Å²) in [4.78, 5) is 14.5. The highest BCUT2D eigenvalue weighted by Crippen LogP contribution is 2.19. The fourth-order valence-corrected chi connectivity index (χ4v) is 1.94. The molecule has 1 aromatic carbocycles. The summed E-state index contributed by atoms with van der Waals surface area (Å²) in [5.41, 5.74) is 0.552. The molecule has 0 aliphatic rings. The molecular weight excluding hydrogens is 292 g/mol. The van der Waals surface area contributed by atoms with E-state index >= 15 is 0 Å². The number of aliphatic hydroxyl groups is 1. The molecule has 0 saturated carbocycles. The van der Waals surface area contributed by atoms with Gasteiger partial charge >= 0.3 is 0 Å². The van der Waals surface area contributed by atoms with E-state index in [-0.39, 0.29) is 17.0 Å². The van der Waals surface area contributed by atoms with Crippen LogP contribution in [-0.2, 0) is 0 Å². The van der Waals surface area contributed by atoms with E-state index in [1.807, 2.05) is 6.07 Å². The number of H-pyrrole nitrogens is 1. The maximum Gasteiger partial charge on any atom is 0.268 e. The van der Waals surface area contributed by atoms with Gasteiger partial charge in [0.05, 0.1) is 12.1 Å². The quantitative estimate of drug-likeness (QED) is 0.807. The van der Waals surface area contributed by atoms with Crippen LogP contribution in [0.25, 0.3) is 0 Å². The summed E-state index contributed by atoms with van der Waals surface area (Å²) >= 11 is 0. The summed E-state index contributed by atoms with van der Waals surface area (Å²) in [6.45, 7) is 1.53. The number of aliphatic hydroxyl groups excluding tert-OH is 1. The van der Waals surface area contributed by atoms with E-state index in [0.717, 1.165) is 12.1 Å². The number of hydrogen-bond acceptors (Lipinski definition) is 3. The zero-order chi connectivity index (χ0) is 16.3. The van der Waals surface area contributed by atoms with Crippen molar-refractivity contribution in [3.05, 3.63) is 58.9 Å². The Kier molecular flexibility index (Phi) is 4.53. The smallest absolute Gasteiger partial charge is 0.268 e. The number of carbonyl (C=O) groups is 1. The second-order valence-corrected chi connectivity index (χ2v) is 4.78. The minimum atomic E-state index is -1.20. The summed E-state index contributed by atoms with van der Waals surface area (Å²) in [6, 6.07) is 7.03. The van der Waals surface area contributed by atoms with E-state index in [1.54, 1.807) is 0 Å². The summed E-state index contributed by atoms with van der Waals surface area (Å²) < 4.78 is 26.0. The Morgan fingerprint density at radius 1 is 1.32 bits per heavy atom. The van der Waals surface area contributed by atoms with E-state index in [9.17, 15) is 18.7 Å². The summed E-state index contributed by atoms with van der Waals surface area (Å²) in [5.74, 6) is -2.60. The van der Waals surface area contributed by atoms with Gasteiger partial charge in [-0.25, -0.2) is 8.78 Å². The van der Waals surface area contributed by atoms with Gasteiger partial charge in [0.1, 0.15) is 17.5 Å². The van der Waals surface area contributed by atoms with Crippen LogP contribution in [0.15, 0.2) is 30.3 Å². The number of nitriles is 1. The van der Waals surface area contributed by atoms with Crippen molar-refractivity contribution in [3.63, 3.8) is 0 Å². The third-order valence-electron chi connectivity index (χ3n) is 3.17. The number of aromatic nitrogens is 1. The molecule has 2 rings (SSSR count). The molecule has 114 valence electrons. The van der Waals surface area contributed by atoms with Crippen molar-refractivity contribution in [1.29, 1.82) is 5.26 Å². The van der Waals surface area contributed by atoms with Crippen LogP contribution in [0.5, 0.6) is 0 Å². The van der Waals surface area contributed by atoms with Gasteiger partial charge in [-0.1, -0.05) is 6.07 Å². The zero-order valence-electron chi connectivity index (χ0n) is 11.6. The first kappa shape index (κ1) is 15.7. The lowest BCUT2D eigenvalue weighted by molar-refractivity contribution is 0.0847. The van der Waals surface area contributed by atoms with E-state index < -0.39 is 29.7 Å². The Bertz CT molecular complexity index is 737. The van der Waals surface area contributed by atoms with Crippen LogP contribution in [0, 0.1) is 23.0 Å². The lowest BCUT2D eigenvalue weighted by atomic mass is 10.0. The maximum atomic E-state index is 13.2. The predicted octanol–water partition coefficient (Wildman–Crippen LogP) is 2.02. The van der Waals surface area contributed by atoms with E-state index in [2.05, 4.69) is 10.3 Å². The Morgan fingerprint density at radius 3 is 2.64 bits per heavy atom. The molecule has 0 aliphatic carbocycles. The molecule has 2 unspecified atom stereocenters. The number of halogens is 2. The number of amides is 1. The maximum absolute atomic E-state index is 13.2. The first-order chi connectivity index (χ1) is 10.4. The highest BCUT2D eigenvalue weighted by molar-refractivity contribution is 5.92. The monoisotopic (exact) mass is 305 g/mol. The molecule has 0 bridgehead atoms. The van der Waals surface area contributed by atoms with Crippen LogP contribution in [0.1, 0.15) is 34.8 Å². The highest BCUT2D eigenvalue weighted by atomic mass is 19.2. The van der Waals surface area contributed by atoms with Gasteiger partial charge in [0, 0.05) is 0 Å². The molecule has 5 nitrogen and oxygen atoms in total. The molecule has 0 aliphatic heterocycles. The average Bonchev–Trinajstić information content (AvgIpc) is 2.98. The van der Waals surface area contributed by atoms with Crippen molar-refractivity contribution in [2.45, 2.75) is 19.1 Å². The third kappa shape index (κ3) is 3.30.